The Morgan fingerprint density at radius 1 is 1.50 bits per heavy atom. The van der Waals surface area contributed by atoms with Gasteiger partial charge in [-0.2, -0.15) is 13.2 Å². The first-order valence-corrected chi connectivity index (χ1v) is 7.91. The number of aromatic nitrogens is 1. The van der Waals surface area contributed by atoms with Crippen LogP contribution in [0.15, 0.2) is 18.3 Å². The van der Waals surface area contributed by atoms with E-state index < -0.39 is 23.3 Å². The van der Waals surface area contributed by atoms with Gasteiger partial charge in [0.2, 0.25) is 0 Å². The Bertz CT molecular complexity index is 564. The lowest BCUT2D eigenvalue weighted by Gasteiger charge is -2.33. The molecule has 134 valence electrons. The van der Waals surface area contributed by atoms with E-state index in [9.17, 15) is 18.0 Å². The largest absolute Gasteiger partial charge is 0.418 e. The number of nitrogens with one attached hydrogen (secondary N) is 1. The zero-order chi connectivity index (χ0) is 17.7. The van der Waals surface area contributed by atoms with E-state index in [-0.39, 0.29) is 12.6 Å². The SMILES string of the molecule is CC(C)CN1CCO[C@H](CNC(=O)c2ncccc2C(F)(F)F)C1. The number of halogens is 3. The van der Waals surface area contributed by atoms with Crippen LogP contribution in [0.2, 0.25) is 0 Å². The lowest BCUT2D eigenvalue weighted by Crippen LogP contribution is -2.48. The molecule has 1 aliphatic rings. The highest BCUT2D eigenvalue weighted by molar-refractivity contribution is 5.93. The highest BCUT2D eigenvalue weighted by Crippen LogP contribution is 2.30. The number of nitrogens with zero attached hydrogens (tertiary/aromatic N) is 2. The maximum atomic E-state index is 12.9. The predicted octanol–water partition coefficient (Wildman–Crippen LogP) is 2.19. The second-order valence-corrected chi connectivity index (χ2v) is 6.25. The Morgan fingerprint density at radius 2 is 2.25 bits per heavy atom. The van der Waals surface area contributed by atoms with E-state index in [1.165, 1.54) is 6.20 Å². The van der Waals surface area contributed by atoms with Crippen LogP contribution in [0.1, 0.15) is 29.9 Å². The van der Waals surface area contributed by atoms with E-state index in [0.717, 1.165) is 25.2 Å². The standard InChI is InChI=1S/C16H22F3N3O2/c1-11(2)9-22-6-7-24-12(10-22)8-21-15(23)14-13(16(17,18)19)4-3-5-20-14/h3-5,11-12H,6-10H2,1-2H3,(H,21,23)/t12-/m1/s1. The van der Waals surface area contributed by atoms with Gasteiger partial charge in [0, 0.05) is 32.4 Å². The van der Waals surface area contributed by atoms with Crippen molar-refractivity contribution in [2.75, 3.05) is 32.8 Å². The van der Waals surface area contributed by atoms with Gasteiger partial charge >= 0.3 is 6.18 Å². The van der Waals surface area contributed by atoms with Crippen molar-refractivity contribution < 1.29 is 22.7 Å². The number of carbonyl (C=O) groups excluding carboxylic acids is 1. The monoisotopic (exact) mass is 345 g/mol. The van der Waals surface area contributed by atoms with Crippen LogP contribution < -0.4 is 5.32 Å². The molecule has 24 heavy (non-hydrogen) atoms. The maximum Gasteiger partial charge on any atom is 0.418 e. The second kappa shape index (κ2) is 7.94. The number of hydrogen-bond acceptors (Lipinski definition) is 4. The van der Waals surface area contributed by atoms with Crippen molar-refractivity contribution in [2.45, 2.75) is 26.1 Å². The van der Waals surface area contributed by atoms with Crippen LogP contribution in [-0.4, -0.2) is 54.7 Å². The fourth-order valence-electron chi connectivity index (χ4n) is 2.69. The van der Waals surface area contributed by atoms with Gasteiger partial charge in [0.25, 0.3) is 5.91 Å². The first-order chi connectivity index (χ1) is 11.3. The summed E-state index contributed by atoms with van der Waals surface area (Å²) in [6.07, 6.45) is -3.68. The van der Waals surface area contributed by atoms with Crippen molar-refractivity contribution >= 4 is 5.91 Å². The molecular formula is C16H22F3N3O2. The van der Waals surface area contributed by atoms with Crippen molar-refractivity contribution in [3.63, 3.8) is 0 Å². The Morgan fingerprint density at radius 3 is 2.92 bits per heavy atom. The molecule has 0 saturated carbocycles. The summed E-state index contributed by atoms with van der Waals surface area (Å²) in [7, 11) is 0. The predicted molar refractivity (Wildman–Crippen MR) is 82.6 cm³/mol. The second-order valence-electron chi connectivity index (χ2n) is 6.25. The lowest BCUT2D eigenvalue weighted by atomic mass is 10.1. The summed E-state index contributed by atoms with van der Waals surface area (Å²) >= 11 is 0. The van der Waals surface area contributed by atoms with E-state index in [1.54, 1.807) is 0 Å². The van der Waals surface area contributed by atoms with Gasteiger partial charge < -0.3 is 10.1 Å². The molecule has 2 heterocycles. The molecule has 1 amide bonds. The van der Waals surface area contributed by atoms with Gasteiger partial charge in [-0.3, -0.25) is 14.7 Å². The Hall–Kier alpha value is -1.67. The van der Waals surface area contributed by atoms with Crippen molar-refractivity contribution in [1.82, 2.24) is 15.2 Å². The zero-order valence-corrected chi connectivity index (χ0v) is 13.8. The van der Waals surface area contributed by atoms with Crippen LogP contribution in [0.25, 0.3) is 0 Å². The molecule has 2 rings (SSSR count). The van der Waals surface area contributed by atoms with Crippen molar-refractivity contribution in [3.8, 4) is 0 Å². The van der Waals surface area contributed by atoms with E-state index in [2.05, 4.69) is 29.0 Å². The van der Waals surface area contributed by atoms with Crippen LogP contribution in [0, 0.1) is 5.92 Å². The molecule has 5 nitrogen and oxygen atoms in total. The van der Waals surface area contributed by atoms with Crippen molar-refractivity contribution in [3.05, 3.63) is 29.6 Å². The van der Waals surface area contributed by atoms with E-state index in [4.69, 9.17) is 4.74 Å². The number of rotatable bonds is 5. The van der Waals surface area contributed by atoms with E-state index in [0.29, 0.717) is 19.1 Å². The number of carbonyl (C=O) groups is 1. The van der Waals surface area contributed by atoms with Gasteiger partial charge in [-0.25, -0.2) is 0 Å². The molecule has 1 fully saturated rings. The normalized spacial score (nSPS) is 19.5. The number of hydrogen-bond donors (Lipinski definition) is 1. The number of morpholine rings is 1. The summed E-state index contributed by atoms with van der Waals surface area (Å²) in [5.41, 5.74) is -1.65. The molecule has 0 spiro atoms. The van der Waals surface area contributed by atoms with Gasteiger partial charge in [-0.15, -0.1) is 0 Å². The highest BCUT2D eigenvalue weighted by Gasteiger charge is 2.36. The third-order valence-electron chi connectivity index (χ3n) is 3.66. The van der Waals surface area contributed by atoms with E-state index >= 15 is 0 Å². The summed E-state index contributed by atoms with van der Waals surface area (Å²) in [5, 5.41) is 2.50. The maximum absolute atomic E-state index is 12.9. The Kier molecular flexibility index (Phi) is 6.17. The van der Waals surface area contributed by atoms with Crippen LogP contribution >= 0.6 is 0 Å². The molecule has 0 bridgehead atoms. The molecule has 1 aromatic rings. The highest BCUT2D eigenvalue weighted by atomic mass is 19.4. The van der Waals surface area contributed by atoms with Crippen molar-refractivity contribution in [1.29, 1.82) is 0 Å². The van der Waals surface area contributed by atoms with Crippen LogP contribution in [0.5, 0.6) is 0 Å². The van der Waals surface area contributed by atoms with Gasteiger partial charge in [-0.05, 0) is 18.1 Å². The Balaban J connectivity index is 1.94. The van der Waals surface area contributed by atoms with Gasteiger partial charge in [0.05, 0.1) is 18.3 Å². The molecule has 1 aliphatic heterocycles. The first-order valence-electron chi connectivity index (χ1n) is 7.91. The molecule has 0 radical (unpaired) electrons. The Labute approximate surface area is 139 Å². The molecule has 1 aromatic heterocycles. The molecule has 8 heteroatoms. The van der Waals surface area contributed by atoms with Crippen molar-refractivity contribution in [2.24, 2.45) is 5.92 Å². The summed E-state index contributed by atoms with van der Waals surface area (Å²) < 4.78 is 44.3. The summed E-state index contributed by atoms with van der Waals surface area (Å²) in [6.45, 7) is 7.32. The van der Waals surface area contributed by atoms with Gasteiger partial charge in [0.15, 0.2) is 0 Å². The molecule has 1 atom stereocenters. The zero-order valence-electron chi connectivity index (χ0n) is 13.8. The average molecular weight is 345 g/mol. The quantitative estimate of drug-likeness (QED) is 0.889. The average Bonchev–Trinajstić information content (AvgIpc) is 2.51. The molecule has 0 aliphatic carbocycles. The lowest BCUT2D eigenvalue weighted by molar-refractivity contribution is -0.138. The smallest absolute Gasteiger partial charge is 0.374 e. The van der Waals surface area contributed by atoms with Crippen LogP contribution in [0.4, 0.5) is 13.2 Å². The minimum absolute atomic E-state index is 0.154. The molecule has 0 aromatic carbocycles. The first kappa shape index (κ1) is 18.7. The summed E-state index contributed by atoms with van der Waals surface area (Å²) in [4.78, 5) is 17.9. The number of amides is 1. The fraction of sp³-hybridized carbons (Fsp3) is 0.625. The topological polar surface area (TPSA) is 54.5 Å². The molecule has 1 saturated heterocycles. The van der Waals surface area contributed by atoms with Gasteiger partial charge in [0.1, 0.15) is 5.69 Å². The minimum atomic E-state index is -4.61. The summed E-state index contributed by atoms with van der Waals surface area (Å²) in [5.74, 6) is -0.325. The fourth-order valence-corrected chi connectivity index (χ4v) is 2.69. The summed E-state index contributed by atoms with van der Waals surface area (Å²) in [6, 6.07) is 2.01. The third kappa shape index (κ3) is 5.17. The van der Waals surface area contributed by atoms with Crippen LogP contribution in [-0.2, 0) is 10.9 Å². The number of pyridine rings is 1. The molecular weight excluding hydrogens is 323 g/mol. The van der Waals surface area contributed by atoms with E-state index in [1.807, 2.05) is 0 Å². The number of ether oxygens (including phenoxy) is 1. The minimum Gasteiger partial charge on any atom is -0.374 e. The number of alkyl halides is 3. The molecule has 0 unspecified atom stereocenters. The third-order valence-corrected chi connectivity index (χ3v) is 3.66. The molecule has 1 N–H and O–H groups in total. The van der Waals surface area contributed by atoms with Gasteiger partial charge in [-0.1, -0.05) is 13.8 Å². The van der Waals surface area contributed by atoms with Crippen LogP contribution in [0.3, 0.4) is 0 Å².